The molecule has 1 heterocycles. The van der Waals surface area contributed by atoms with Crippen molar-refractivity contribution in [3.05, 3.63) is 82.3 Å². The molecular formula is C26H27F3N2O3. The van der Waals surface area contributed by atoms with Gasteiger partial charge in [0.15, 0.2) is 0 Å². The van der Waals surface area contributed by atoms with E-state index in [2.05, 4.69) is 5.32 Å². The lowest BCUT2D eigenvalue weighted by Gasteiger charge is -2.29. The summed E-state index contributed by atoms with van der Waals surface area (Å²) >= 11 is 0. The number of carbonyl (C=O) groups is 1. The van der Waals surface area contributed by atoms with Gasteiger partial charge in [0.2, 0.25) is 0 Å². The zero-order chi connectivity index (χ0) is 24.3. The molecule has 0 radical (unpaired) electrons. The van der Waals surface area contributed by atoms with Crippen molar-refractivity contribution in [2.45, 2.75) is 51.2 Å². The Morgan fingerprint density at radius 1 is 1.24 bits per heavy atom. The Bertz CT molecular complexity index is 1160. The van der Waals surface area contributed by atoms with Crippen LogP contribution in [0.2, 0.25) is 0 Å². The molecule has 1 unspecified atom stereocenters. The van der Waals surface area contributed by atoms with Gasteiger partial charge in [-0.25, -0.2) is 0 Å². The van der Waals surface area contributed by atoms with Crippen molar-refractivity contribution in [2.75, 3.05) is 17.7 Å². The van der Waals surface area contributed by atoms with Gasteiger partial charge in [0.05, 0.1) is 30.9 Å². The van der Waals surface area contributed by atoms with Gasteiger partial charge in [-0.1, -0.05) is 6.07 Å². The van der Waals surface area contributed by atoms with E-state index >= 15 is 0 Å². The van der Waals surface area contributed by atoms with Gasteiger partial charge in [0.25, 0.3) is 0 Å². The Labute approximate surface area is 196 Å². The van der Waals surface area contributed by atoms with Crippen LogP contribution in [0.25, 0.3) is 0 Å². The van der Waals surface area contributed by atoms with Crippen molar-refractivity contribution < 1.29 is 27.1 Å². The summed E-state index contributed by atoms with van der Waals surface area (Å²) in [6.45, 7) is 1.87. The predicted molar refractivity (Wildman–Crippen MR) is 123 cm³/mol. The number of nitrogens with two attached hydrogens (primary N) is 1. The molecule has 8 heteroatoms. The number of alkyl halides is 3. The maximum absolute atomic E-state index is 13.2. The summed E-state index contributed by atoms with van der Waals surface area (Å²) in [5.74, 6) is 0.374. The normalized spacial score (nSPS) is 15.6. The third-order valence-electron chi connectivity index (χ3n) is 5.99. The second kappa shape index (κ2) is 9.83. The molecule has 0 spiro atoms. The van der Waals surface area contributed by atoms with Crippen molar-refractivity contribution in [1.82, 2.24) is 0 Å². The topological polar surface area (TPSA) is 77.5 Å². The van der Waals surface area contributed by atoms with Crippen LogP contribution in [-0.2, 0) is 35.0 Å². The Hall–Kier alpha value is -3.42. The molecule has 1 atom stereocenters. The highest BCUT2D eigenvalue weighted by atomic mass is 19.4. The summed E-state index contributed by atoms with van der Waals surface area (Å²) in [7, 11) is 0. The number of halogens is 3. The van der Waals surface area contributed by atoms with Gasteiger partial charge in [-0.2, -0.15) is 13.2 Å². The van der Waals surface area contributed by atoms with Gasteiger partial charge in [0.1, 0.15) is 5.76 Å². The summed E-state index contributed by atoms with van der Waals surface area (Å²) in [6.07, 6.45) is 0.189. The largest absolute Gasteiger partial charge is 0.469 e. The summed E-state index contributed by atoms with van der Waals surface area (Å²) in [5, 5.41) is 3.26. The number of nitrogen functional groups attached to an aromatic ring is 1. The lowest BCUT2D eigenvalue weighted by Crippen LogP contribution is -2.19. The summed E-state index contributed by atoms with van der Waals surface area (Å²) in [4.78, 5) is 12.3. The fourth-order valence-electron chi connectivity index (χ4n) is 4.38. The molecule has 5 nitrogen and oxygen atoms in total. The third-order valence-corrected chi connectivity index (χ3v) is 5.99. The van der Waals surface area contributed by atoms with E-state index in [1.54, 1.807) is 25.3 Å². The van der Waals surface area contributed by atoms with E-state index in [1.807, 2.05) is 18.2 Å². The number of aryl methyl sites for hydroxylation is 2. The van der Waals surface area contributed by atoms with Crippen LogP contribution < -0.4 is 11.1 Å². The first-order valence-corrected chi connectivity index (χ1v) is 11.2. The van der Waals surface area contributed by atoms with Crippen LogP contribution in [0.3, 0.4) is 0 Å². The number of rotatable bonds is 7. The van der Waals surface area contributed by atoms with E-state index in [9.17, 15) is 18.0 Å². The molecule has 2 aromatic carbocycles. The van der Waals surface area contributed by atoms with Gasteiger partial charge in [0, 0.05) is 17.8 Å². The van der Waals surface area contributed by atoms with E-state index in [-0.39, 0.29) is 25.0 Å². The second-order valence-electron chi connectivity index (χ2n) is 8.65. The maximum atomic E-state index is 13.2. The molecule has 1 aromatic heterocycles. The number of ether oxygens (including phenoxy) is 1. The number of hydrogen-bond donors (Lipinski definition) is 2. The first-order chi connectivity index (χ1) is 16.2. The SMILES string of the molecule is Cc1cc(NC2CCCc3cc(CC(=O)OCCc4ccco4)c(N)cc32)cc(C(F)(F)F)c1. The molecule has 180 valence electrons. The van der Waals surface area contributed by atoms with Gasteiger partial charge in [-0.3, -0.25) is 4.79 Å². The van der Waals surface area contributed by atoms with Gasteiger partial charge < -0.3 is 20.2 Å². The van der Waals surface area contributed by atoms with Crippen LogP contribution in [0, 0.1) is 6.92 Å². The summed E-state index contributed by atoms with van der Waals surface area (Å²) in [5.41, 5.74) is 9.70. The zero-order valence-electron chi connectivity index (χ0n) is 18.9. The number of carbonyl (C=O) groups excluding carboxylic acids is 1. The van der Waals surface area contributed by atoms with E-state index in [1.165, 1.54) is 0 Å². The van der Waals surface area contributed by atoms with Crippen LogP contribution in [0.5, 0.6) is 0 Å². The molecule has 4 rings (SSSR count). The number of anilines is 2. The Morgan fingerprint density at radius 3 is 2.79 bits per heavy atom. The van der Waals surface area contributed by atoms with Crippen molar-refractivity contribution >= 4 is 17.3 Å². The minimum Gasteiger partial charge on any atom is -0.469 e. The molecule has 1 aliphatic rings. The highest BCUT2D eigenvalue weighted by molar-refractivity contribution is 5.75. The predicted octanol–water partition coefficient (Wildman–Crippen LogP) is 6.01. The number of benzene rings is 2. The first kappa shape index (κ1) is 23.7. The third kappa shape index (κ3) is 5.73. The van der Waals surface area contributed by atoms with E-state index in [0.717, 1.165) is 48.3 Å². The van der Waals surface area contributed by atoms with Crippen LogP contribution in [0.4, 0.5) is 24.5 Å². The Morgan fingerprint density at radius 2 is 2.06 bits per heavy atom. The van der Waals surface area contributed by atoms with Gasteiger partial charge in [-0.15, -0.1) is 0 Å². The van der Waals surface area contributed by atoms with Crippen molar-refractivity contribution in [3.63, 3.8) is 0 Å². The monoisotopic (exact) mass is 472 g/mol. The molecule has 3 aromatic rings. The number of hydrogen-bond acceptors (Lipinski definition) is 5. The van der Waals surface area contributed by atoms with Crippen LogP contribution >= 0.6 is 0 Å². The minimum absolute atomic E-state index is 0.0577. The molecule has 0 saturated heterocycles. The second-order valence-corrected chi connectivity index (χ2v) is 8.65. The lowest BCUT2D eigenvalue weighted by atomic mass is 9.85. The highest BCUT2D eigenvalue weighted by Crippen LogP contribution is 2.37. The zero-order valence-corrected chi connectivity index (χ0v) is 18.9. The highest BCUT2D eigenvalue weighted by Gasteiger charge is 2.31. The number of esters is 1. The average Bonchev–Trinajstić information content (AvgIpc) is 3.27. The molecule has 0 fully saturated rings. The molecule has 0 aliphatic heterocycles. The Kier molecular flexibility index (Phi) is 6.86. The van der Waals surface area contributed by atoms with E-state index < -0.39 is 11.7 Å². The molecule has 0 bridgehead atoms. The number of furan rings is 1. The van der Waals surface area contributed by atoms with Crippen molar-refractivity contribution in [3.8, 4) is 0 Å². The Balaban J connectivity index is 1.46. The first-order valence-electron chi connectivity index (χ1n) is 11.2. The van der Waals surface area contributed by atoms with Crippen LogP contribution in [-0.4, -0.2) is 12.6 Å². The number of fused-ring (bicyclic) bond motifs is 1. The van der Waals surface area contributed by atoms with E-state index in [0.29, 0.717) is 28.9 Å². The molecule has 0 amide bonds. The fourth-order valence-corrected chi connectivity index (χ4v) is 4.38. The number of nitrogens with one attached hydrogen (secondary N) is 1. The molecule has 0 saturated carbocycles. The average molecular weight is 473 g/mol. The quantitative estimate of drug-likeness (QED) is 0.325. The maximum Gasteiger partial charge on any atom is 0.416 e. The lowest BCUT2D eigenvalue weighted by molar-refractivity contribution is -0.142. The van der Waals surface area contributed by atoms with E-state index in [4.69, 9.17) is 14.9 Å². The standard InChI is InChI=1S/C26H27F3N2O3/c1-16-10-19(26(27,28)29)14-20(11-16)31-24-6-2-4-17-12-18(23(30)15-22(17)24)13-25(32)34-9-7-21-5-3-8-33-21/h3,5,8,10-12,14-15,24,31H,2,4,6-7,9,13,30H2,1H3. The smallest absolute Gasteiger partial charge is 0.416 e. The molecular weight excluding hydrogens is 445 g/mol. The summed E-state index contributed by atoms with van der Waals surface area (Å²) < 4.78 is 50.2. The molecule has 1 aliphatic carbocycles. The van der Waals surface area contributed by atoms with Crippen molar-refractivity contribution in [2.24, 2.45) is 0 Å². The fraction of sp³-hybridized carbons (Fsp3) is 0.346. The molecule has 3 N–H and O–H groups in total. The van der Waals surface area contributed by atoms with Crippen LogP contribution in [0.1, 0.15) is 52.5 Å². The van der Waals surface area contributed by atoms with Gasteiger partial charge >= 0.3 is 12.1 Å². The summed E-state index contributed by atoms with van der Waals surface area (Å²) in [6, 6.07) is 11.2. The van der Waals surface area contributed by atoms with Gasteiger partial charge in [-0.05, 0) is 84.8 Å². The minimum atomic E-state index is -4.40. The van der Waals surface area contributed by atoms with Crippen LogP contribution in [0.15, 0.2) is 53.1 Å². The van der Waals surface area contributed by atoms with Crippen molar-refractivity contribution in [1.29, 1.82) is 0 Å². The molecule has 34 heavy (non-hydrogen) atoms.